The van der Waals surface area contributed by atoms with Crippen molar-refractivity contribution < 1.29 is 9.59 Å². The predicted octanol–water partition coefficient (Wildman–Crippen LogP) is 3.76. The summed E-state index contributed by atoms with van der Waals surface area (Å²) >= 11 is 0. The molecular weight excluding hydrogens is 364 g/mol. The molecule has 1 aliphatic rings. The average Bonchev–Trinajstić information content (AvgIpc) is 3.14. The maximum atomic E-state index is 13.1. The Balaban J connectivity index is 1.55. The number of amides is 3. The summed E-state index contributed by atoms with van der Waals surface area (Å²) in [5.74, 6) is -0.242. The van der Waals surface area contributed by atoms with E-state index in [-0.39, 0.29) is 18.5 Å². The van der Waals surface area contributed by atoms with Gasteiger partial charge in [0, 0.05) is 5.69 Å². The number of aromatic nitrogens is 2. The molecule has 0 saturated carbocycles. The molecule has 4 rings (SSSR count). The summed E-state index contributed by atoms with van der Waals surface area (Å²) in [6.07, 6.45) is 0. The largest absolute Gasteiger partial charge is 0.325 e. The lowest BCUT2D eigenvalue weighted by atomic mass is 9.91. The van der Waals surface area contributed by atoms with Crippen LogP contribution in [0, 0.1) is 20.8 Å². The second-order valence-corrected chi connectivity index (χ2v) is 7.82. The highest BCUT2D eigenvalue weighted by atomic mass is 16.2. The number of hydrogen-bond acceptors (Lipinski definition) is 3. The minimum absolute atomic E-state index is 0.226. The van der Waals surface area contributed by atoms with E-state index in [2.05, 4.69) is 10.4 Å². The average molecular weight is 388 g/mol. The van der Waals surface area contributed by atoms with Crippen LogP contribution in [-0.4, -0.2) is 26.6 Å². The number of nitrogens with one attached hydrogen (secondary N) is 1. The molecule has 1 fully saturated rings. The van der Waals surface area contributed by atoms with Gasteiger partial charge in [-0.25, -0.2) is 9.48 Å². The number of urea groups is 1. The lowest BCUT2D eigenvalue weighted by Gasteiger charge is -2.22. The van der Waals surface area contributed by atoms with E-state index in [1.807, 2.05) is 80.1 Å². The van der Waals surface area contributed by atoms with Crippen molar-refractivity contribution in [3.63, 3.8) is 0 Å². The van der Waals surface area contributed by atoms with Crippen LogP contribution in [0.4, 0.5) is 4.79 Å². The van der Waals surface area contributed by atoms with E-state index in [4.69, 9.17) is 0 Å². The van der Waals surface area contributed by atoms with Crippen LogP contribution in [0.25, 0.3) is 5.69 Å². The molecule has 0 spiro atoms. The quantitative estimate of drug-likeness (QED) is 0.692. The highest BCUT2D eigenvalue weighted by Crippen LogP contribution is 2.30. The maximum Gasteiger partial charge on any atom is 0.325 e. The van der Waals surface area contributed by atoms with Gasteiger partial charge in [0.25, 0.3) is 5.91 Å². The first-order valence-corrected chi connectivity index (χ1v) is 9.62. The molecule has 0 radical (unpaired) electrons. The van der Waals surface area contributed by atoms with Crippen LogP contribution in [0.3, 0.4) is 0 Å². The molecule has 6 nitrogen and oxygen atoms in total. The first-order valence-electron chi connectivity index (χ1n) is 9.62. The van der Waals surface area contributed by atoms with Gasteiger partial charge in [0.1, 0.15) is 5.54 Å². The third kappa shape index (κ3) is 3.31. The van der Waals surface area contributed by atoms with Crippen LogP contribution >= 0.6 is 0 Å². The van der Waals surface area contributed by atoms with E-state index < -0.39 is 5.54 Å². The van der Waals surface area contributed by atoms with Gasteiger partial charge >= 0.3 is 6.03 Å². The van der Waals surface area contributed by atoms with Crippen molar-refractivity contribution in [1.82, 2.24) is 20.0 Å². The molecule has 3 aromatic rings. The van der Waals surface area contributed by atoms with E-state index in [1.54, 1.807) is 6.92 Å². The fraction of sp³-hybridized carbons (Fsp3) is 0.261. The summed E-state index contributed by atoms with van der Waals surface area (Å²) < 4.78 is 1.88. The van der Waals surface area contributed by atoms with Crippen molar-refractivity contribution in [3.8, 4) is 5.69 Å². The Kier molecular flexibility index (Phi) is 4.49. The highest BCUT2D eigenvalue weighted by Gasteiger charge is 2.48. The Labute approximate surface area is 170 Å². The zero-order chi connectivity index (χ0) is 20.8. The maximum absolute atomic E-state index is 13.1. The summed E-state index contributed by atoms with van der Waals surface area (Å²) in [5.41, 5.74) is 4.68. The molecular formula is C23H24N4O2. The van der Waals surface area contributed by atoms with Crippen molar-refractivity contribution in [1.29, 1.82) is 0 Å². The standard InChI is InChI=1S/C23H24N4O2/c1-15-5-9-19(10-6-15)23(4)21(28)26(22(29)24-23)14-18-7-11-20(12-8-18)27-17(3)13-16(2)25-27/h5-13H,14H2,1-4H3,(H,24,29). The van der Waals surface area contributed by atoms with Gasteiger partial charge in [-0.15, -0.1) is 0 Å². The van der Waals surface area contributed by atoms with Gasteiger partial charge in [0.05, 0.1) is 17.9 Å². The van der Waals surface area contributed by atoms with Gasteiger partial charge in [-0.1, -0.05) is 42.0 Å². The van der Waals surface area contributed by atoms with E-state index >= 15 is 0 Å². The van der Waals surface area contributed by atoms with Gasteiger partial charge in [-0.05, 0) is 57.0 Å². The Morgan fingerprint density at radius 1 is 0.966 bits per heavy atom. The third-order valence-electron chi connectivity index (χ3n) is 5.44. The second-order valence-electron chi connectivity index (χ2n) is 7.82. The molecule has 0 bridgehead atoms. The fourth-order valence-corrected chi connectivity index (χ4v) is 3.74. The van der Waals surface area contributed by atoms with Gasteiger partial charge in [0.2, 0.25) is 0 Å². The van der Waals surface area contributed by atoms with Crippen LogP contribution in [0.15, 0.2) is 54.6 Å². The van der Waals surface area contributed by atoms with Crippen molar-refractivity contribution in [2.45, 2.75) is 39.8 Å². The number of carbonyl (C=O) groups is 2. The molecule has 3 amide bonds. The number of nitrogens with zero attached hydrogens (tertiary/aromatic N) is 3. The van der Waals surface area contributed by atoms with Crippen LogP contribution < -0.4 is 5.32 Å². The molecule has 6 heteroatoms. The Morgan fingerprint density at radius 3 is 2.21 bits per heavy atom. The molecule has 1 atom stereocenters. The van der Waals surface area contributed by atoms with Crippen LogP contribution in [-0.2, 0) is 16.9 Å². The van der Waals surface area contributed by atoms with E-state index in [1.165, 1.54) is 4.90 Å². The minimum Gasteiger partial charge on any atom is -0.319 e. The number of imide groups is 1. The van der Waals surface area contributed by atoms with Gasteiger partial charge in [-0.3, -0.25) is 9.69 Å². The Hall–Kier alpha value is -3.41. The monoisotopic (exact) mass is 388 g/mol. The third-order valence-corrected chi connectivity index (χ3v) is 5.44. The number of carbonyl (C=O) groups excluding carboxylic acids is 2. The molecule has 1 saturated heterocycles. The summed E-state index contributed by atoms with van der Waals surface area (Å²) in [4.78, 5) is 26.9. The van der Waals surface area contributed by atoms with Gasteiger partial charge in [0.15, 0.2) is 0 Å². The molecule has 0 aliphatic carbocycles. The predicted molar refractivity (Wildman–Crippen MR) is 111 cm³/mol. The fourth-order valence-electron chi connectivity index (χ4n) is 3.74. The van der Waals surface area contributed by atoms with E-state index in [9.17, 15) is 9.59 Å². The number of hydrogen-bond donors (Lipinski definition) is 1. The first kappa shape index (κ1) is 18.9. The van der Waals surface area contributed by atoms with Crippen LogP contribution in [0.1, 0.15) is 35.0 Å². The van der Waals surface area contributed by atoms with Crippen molar-refractivity contribution in [2.24, 2.45) is 0 Å². The number of aryl methyl sites for hydroxylation is 3. The summed E-state index contributed by atoms with van der Waals surface area (Å²) in [5, 5.41) is 7.34. The van der Waals surface area contributed by atoms with Crippen LogP contribution in [0.2, 0.25) is 0 Å². The van der Waals surface area contributed by atoms with E-state index in [0.29, 0.717) is 0 Å². The lowest BCUT2D eigenvalue weighted by molar-refractivity contribution is -0.131. The number of benzene rings is 2. The number of rotatable bonds is 4. The van der Waals surface area contributed by atoms with Crippen LogP contribution in [0.5, 0.6) is 0 Å². The van der Waals surface area contributed by atoms with Crippen molar-refractivity contribution in [3.05, 3.63) is 82.7 Å². The normalized spacial score (nSPS) is 19.0. The Bertz CT molecular complexity index is 1080. The second kappa shape index (κ2) is 6.88. The van der Waals surface area contributed by atoms with Gasteiger partial charge in [-0.2, -0.15) is 5.10 Å². The zero-order valence-corrected chi connectivity index (χ0v) is 17.1. The minimum atomic E-state index is -1.05. The molecule has 1 aliphatic heterocycles. The molecule has 2 aromatic carbocycles. The lowest BCUT2D eigenvalue weighted by Crippen LogP contribution is -2.40. The SMILES string of the molecule is Cc1ccc(C2(C)NC(=O)N(Cc3ccc(-n4nc(C)cc4C)cc3)C2=O)cc1. The van der Waals surface area contributed by atoms with Gasteiger partial charge < -0.3 is 5.32 Å². The van der Waals surface area contributed by atoms with E-state index in [0.717, 1.165) is 33.8 Å². The Morgan fingerprint density at radius 2 is 1.62 bits per heavy atom. The molecule has 2 heterocycles. The van der Waals surface area contributed by atoms with Crippen molar-refractivity contribution >= 4 is 11.9 Å². The smallest absolute Gasteiger partial charge is 0.319 e. The summed E-state index contributed by atoms with van der Waals surface area (Å²) in [6, 6.07) is 17.1. The molecule has 1 aromatic heterocycles. The zero-order valence-electron chi connectivity index (χ0n) is 17.1. The molecule has 1 N–H and O–H groups in total. The molecule has 1 unspecified atom stereocenters. The topological polar surface area (TPSA) is 67.2 Å². The first-order chi connectivity index (χ1) is 13.8. The summed E-state index contributed by atoms with van der Waals surface area (Å²) in [7, 11) is 0. The molecule has 29 heavy (non-hydrogen) atoms. The molecule has 148 valence electrons. The summed E-state index contributed by atoms with van der Waals surface area (Å²) in [6.45, 7) is 7.93. The highest BCUT2D eigenvalue weighted by molar-refractivity contribution is 6.07. The van der Waals surface area contributed by atoms with Crippen molar-refractivity contribution in [2.75, 3.05) is 0 Å².